The summed E-state index contributed by atoms with van der Waals surface area (Å²) in [6.07, 6.45) is -1.74. The van der Waals surface area contributed by atoms with Gasteiger partial charge in [-0.2, -0.15) is 0 Å². The van der Waals surface area contributed by atoms with E-state index in [1.807, 2.05) is 0 Å². The Labute approximate surface area is 108 Å². The van der Waals surface area contributed by atoms with Gasteiger partial charge < -0.3 is 24.4 Å². The summed E-state index contributed by atoms with van der Waals surface area (Å²) in [5.74, 6) is -0.750. The van der Waals surface area contributed by atoms with E-state index in [-0.39, 0.29) is 16.3 Å². The van der Waals surface area contributed by atoms with Gasteiger partial charge in [-0.3, -0.25) is 0 Å². The van der Waals surface area contributed by atoms with Crippen LogP contribution >= 0.6 is 11.6 Å². The fourth-order valence-corrected chi connectivity index (χ4v) is 2.02. The molecule has 1 unspecified atom stereocenters. The first-order valence-corrected chi connectivity index (χ1v) is 5.51. The quantitative estimate of drug-likeness (QED) is 0.862. The minimum absolute atomic E-state index is 0.0271. The summed E-state index contributed by atoms with van der Waals surface area (Å²) in [6.45, 7) is 0.676. The van der Waals surface area contributed by atoms with Crippen LogP contribution < -0.4 is 14.2 Å². The van der Waals surface area contributed by atoms with Gasteiger partial charge in [-0.05, 0) is 6.07 Å². The summed E-state index contributed by atoms with van der Waals surface area (Å²) in [6, 6.07) is 1.36. The van der Waals surface area contributed by atoms with Gasteiger partial charge >= 0.3 is 5.97 Å². The first-order chi connectivity index (χ1) is 8.56. The highest BCUT2D eigenvalue weighted by molar-refractivity contribution is 6.34. The minimum Gasteiger partial charge on any atom is -0.495 e. The number of halogens is 1. The van der Waals surface area contributed by atoms with Gasteiger partial charge in [0.05, 0.1) is 7.11 Å². The predicted molar refractivity (Wildman–Crippen MR) is 61.6 cm³/mol. The van der Waals surface area contributed by atoms with Crippen LogP contribution in [0.25, 0.3) is 0 Å². The molecule has 18 heavy (non-hydrogen) atoms. The first-order valence-electron chi connectivity index (χ1n) is 5.13. The van der Waals surface area contributed by atoms with E-state index in [9.17, 15) is 9.90 Å². The highest BCUT2D eigenvalue weighted by Gasteiger charge is 2.28. The van der Waals surface area contributed by atoms with E-state index in [4.69, 9.17) is 30.9 Å². The van der Waals surface area contributed by atoms with Gasteiger partial charge in [0.1, 0.15) is 24.0 Å². The Hall–Kier alpha value is -1.66. The fourth-order valence-electron chi connectivity index (χ4n) is 1.69. The zero-order valence-electron chi connectivity index (χ0n) is 9.47. The Kier molecular flexibility index (Phi) is 3.49. The number of hydrogen-bond acceptors (Lipinski definition) is 5. The molecule has 0 spiro atoms. The molecule has 2 N–H and O–H groups in total. The van der Waals surface area contributed by atoms with Crippen LogP contribution in [-0.4, -0.2) is 36.5 Å². The van der Waals surface area contributed by atoms with Crippen molar-refractivity contribution >= 4 is 17.6 Å². The average molecular weight is 275 g/mol. The highest BCUT2D eigenvalue weighted by Crippen LogP contribution is 2.47. The Bertz CT molecular complexity index is 487. The molecule has 0 aliphatic carbocycles. The summed E-state index contributed by atoms with van der Waals surface area (Å²) >= 11 is 6.05. The smallest absolute Gasteiger partial charge is 0.337 e. The molecular formula is C11H11ClO6. The number of ether oxygens (including phenoxy) is 3. The van der Waals surface area contributed by atoms with Gasteiger partial charge in [0, 0.05) is 5.56 Å². The number of fused-ring (bicyclic) bond motifs is 1. The lowest BCUT2D eigenvalue weighted by atomic mass is 10.1. The predicted octanol–water partition coefficient (Wildman–Crippen LogP) is 1.24. The van der Waals surface area contributed by atoms with E-state index in [1.54, 1.807) is 0 Å². The van der Waals surface area contributed by atoms with Crippen LogP contribution in [-0.2, 0) is 4.79 Å². The van der Waals surface area contributed by atoms with Crippen molar-refractivity contribution in [2.24, 2.45) is 0 Å². The van der Waals surface area contributed by atoms with Crippen LogP contribution in [0.2, 0.25) is 5.02 Å². The maximum Gasteiger partial charge on any atom is 0.337 e. The molecule has 0 amide bonds. The number of hydrogen-bond donors (Lipinski definition) is 2. The Morgan fingerprint density at radius 3 is 2.78 bits per heavy atom. The molecule has 6 nitrogen and oxygen atoms in total. The molecule has 1 aliphatic rings. The van der Waals surface area contributed by atoms with Crippen LogP contribution in [0.1, 0.15) is 11.7 Å². The summed E-state index contributed by atoms with van der Waals surface area (Å²) in [5.41, 5.74) is 0.0271. The van der Waals surface area contributed by atoms with Crippen molar-refractivity contribution in [2.45, 2.75) is 6.10 Å². The molecule has 0 radical (unpaired) electrons. The van der Waals surface area contributed by atoms with Crippen molar-refractivity contribution in [3.63, 3.8) is 0 Å². The summed E-state index contributed by atoms with van der Waals surface area (Å²) in [5, 5.41) is 18.5. The van der Waals surface area contributed by atoms with Crippen molar-refractivity contribution in [1.82, 2.24) is 0 Å². The maximum absolute atomic E-state index is 10.8. The monoisotopic (exact) mass is 274 g/mol. The van der Waals surface area contributed by atoms with E-state index in [1.165, 1.54) is 13.2 Å². The van der Waals surface area contributed by atoms with Gasteiger partial charge in [0.2, 0.25) is 0 Å². The van der Waals surface area contributed by atoms with E-state index >= 15 is 0 Å². The van der Waals surface area contributed by atoms with Crippen molar-refractivity contribution < 1.29 is 29.2 Å². The Morgan fingerprint density at radius 2 is 2.17 bits per heavy atom. The molecule has 2 rings (SSSR count). The van der Waals surface area contributed by atoms with E-state index in [0.29, 0.717) is 24.7 Å². The minimum atomic E-state index is -1.74. The molecule has 1 aromatic carbocycles. The van der Waals surface area contributed by atoms with Crippen molar-refractivity contribution in [3.05, 3.63) is 16.7 Å². The van der Waals surface area contributed by atoms with Crippen LogP contribution in [0.4, 0.5) is 0 Å². The molecule has 0 fully saturated rings. The third-order valence-electron chi connectivity index (χ3n) is 2.49. The lowest BCUT2D eigenvalue weighted by Gasteiger charge is -2.23. The summed E-state index contributed by atoms with van der Waals surface area (Å²) in [7, 11) is 1.33. The number of aliphatic hydroxyl groups excluding tert-OH is 1. The van der Waals surface area contributed by atoms with Gasteiger partial charge in [-0.25, -0.2) is 4.79 Å². The number of benzene rings is 1. The second-order valence-corrected chi connectivity index (χ2v) is 3.96. The van der Waals surface area contributed by atoms with E-state index < -0.39 is 12.1 Å². The van der Waals surface area contributed by atoms with E-state index in [2.05, 4.69) is 0 Å². The molecule has 0 bridgehead atoms. The lowest BCUT2D eigenvalue weighted by molar-refractivity contribution is -0.147. The van der Waals surface area contributed by atoms with Gasteiger partial charge in [-0.15, -0.1) is 0 Å². The second-order valence-electron chi connectivity index (χ2n) is 3.58. The van der Waals surface area contributed by atoms with Crippen molar-refractivity contribution in [2.75, 3.05) is 20.3 Å². The third-order valence-corrected chi connectivity index (χ3v) is 2.83. The van der Waals surface area contributed by atoms with Crippen LogP contribution in [0.15, 0.2) is 6.07 Å². The molecule has 1 aliphatic heterocycles. The first kappa shape index (κ1) is 12.8. The number of carboxylic acid groups (broad SMARTS) is 1. The number of aliphatic carboxylic acids is 1. The molecule has 1 heterocycles. The van der Waals surface area contributed by atoms with Gasteiger partial charge in [0.25, 0.3) is 0 Å². The lowest BCUT2D eigenvalue weighted by Crippen LogP contribution is -2.18. The maximum atomic E-state index is 10.8. The summed E-state index contributed by atoms with van der Waals surface area (Å²) < 4.78 is 15.7. The molecule has 1 aromatic rings. The average Bonchev–Trinajstić information content (AvgIpc) is 2.37. The van der Waals surface area contributed by atoms with Crippen molar-refractivity contribution in [1.29, 1.82) is 0 Å². The standard InChI is InChI=1S/C11H11ClO6/c1-16-9-5(8(13)11(14)15)4-6-10(7(9)12)18-3-2-17-6/h4,8,13H,2-3H2,1H3,(H,14,15). The Morgan fingerprint density at radius 1 is 1.50 bits per heavy atom. The number of carbonyl (C=O) groups is 1. The highest BCUT2D eigenvalue weighted by atomic mass is 35.5. The molecule has 0 aromatic heterocycles. The molecular weight excluding hydrogens is 264 g/mol. The van der Waals surface area contributed by atoms with Crippen LogP contribution in [0.3, 0.4) is 0 Å². The largest absolute Gasteiger partial charge is 0.495 e. The number of rotatable bonds is 3. The normalized spacial score (nSPS) is 15.1. The van der Waals surface area contributed by atoms with Crippen LogP contribution in [0, 0.1) is 0 Å². The molecule has 1 atom stereocenters. The molecule has 98 valence electrons. The fraction of sp³-hybridized carbons (Fsp3) is 0.364. The second kappa shape index (κ2) is 4.91. The zero-order valence-corrected chi connectivity index (χ0v) is 10.2. The topological polar surface area (TPSA) is 85.2 Å². The van der Waals surface area contributed by atoms with E-state index in [0.717, 1.165) is 0 Å². The van der Waals surface area contributed by atoms with Gasteiger partial charge in [-0.1, -0.05) is 11.6 Å². The van der Waals surface area contributed by atoms with Gasteiger partial charge in [0.15, 0.2) is 17.6 Å². The number of carboxylic acids is 1. The van der Waals surface area contributed by atoms with Crippen molar-refractivity contribution in [3.8, 4) is 17.2 Å². The zero-order chi connectivity index (χ0) is 13.3. The number of aliphatic hydroxyl groups is 1. The Balaban J connectivity index is 2.58. The number of methoxy groups -OCH3 is 1. The summed E-state index contributed by atoms with van der Waals surface area (Å²) in [4.78, 5) is 10.8. The SMILES string of the molecule is COc1c(C(O)C(=O)O)cc2c(c1Cl)OCCO2. The third kappa shape index (κ3) is 2.04. The molecule has 7 heteroatoms. The molecule has 0 saturated heterocycles. The van der Waals surface area contributed by atoms with Crippen LogP contribution in [0.5, 0.6) is 17.2 Å². The molecule has 0 saturated carbocycles.